The first-order valence-electron chi connectivity index (χ1n) is 4.64. The van der Waals surface area contributed by atoms with Crippen LogP contribution in [-0.2, 0) is 0 Å². The van der Waals surface area contributed by atoms with Crippen LogP contribution in [0.2, 0.25) is 0 Å². The summed E-state index contributed by atoms with van der Waals surface area (Å²) in [6, 6.07) is 0. The van der Waals surface area contributed by atoms with Gasteiger partial charge in [0, 0.05) is 18.6 Å². The first-order chi connectivity index (χ1) is 7.00. The summed E-state index contributed by atoms with van der Waals surface area (Å²) >= 11 is 2.95. The Morgan fingerprint density at radius 3 is 2.80 bits per heavy atom. The molecule has 0 spiro atoms. The topological polar surface area (TPSA) is 71.2 Å². The number of hydrogen-bond donors (Lipinski definition) is 3. The monoisotopic (exact) mass is 247 g/mol. The fraction of sp³-hybridized carbons (Fsp3) is 0.667. The predicted molar refractivity (Wildman–Crippen MR) is 67.7 cm³/mol. The first-order valence-corrected chi connectivity index (χ1v) is 6.64. The van der Waals surface area contributed by atoms with E-state index in [1.54, 1.807) is 11.8 Å². The van der Waals surface area contributed by atoms with Crippen molar-refractivity contribution in [1.82, 2.24) is 4.37 Å². The van der Waals surface area contributed by atoms with E-state index in [0.717, 1.165) is 9.90 Å². The molecule has 0 unspecified atom stereocenters. The molecule has 1 heterocycles. The number of rotatable bonds is 5. The molecular formula is C9H17N3OS2. The summed E-state index contributed by atoms with van der Waals surface area (Å²) in [5.41, 5.74) is 5.58. The van der Waals surface area contributed by atoms with E-state index in [0.29, 0.717) is 12.4 Å². The van der Waals surface area contributed by atoms with Gasteiger partial charge in [-0.3, -0.25) is 0 Å². The minimum absolute atomic E-state index is 0.131. The van der Waals surface area contributed by atoms with Crippen LogP contribution in [0.5, 0.6) is 0 Å². The van der Waals surface area contributed by atoms with E-state index in [4.69, 9.17) is 10.8 Å². The van der Waals surface area contributed by atoms with Crippen LogP contribution < -0.4 is 11.1 Å². The van der Waals surface area contributed by atoms with Crippen molar-refractivity contribution in [3.05, 3.63) is 0 Å². The molecule has 0 radical (unpaired) electrons. The molecule has 4 nitrogen and oxygen atoms in total. The van der Waals surface area contributed by atoms with Crippen molar-refractivity contribution in [3.8, 4) is 0 Å². The zero-order valence-corrected chi connectivity index (χ0v) is 10.8. The molecule has 6 heteroatoms. The van der Waals surface area contributed by atoms with Crippen LogP contribution >= 0.6 is 23.3 Å². The second-order valence-electron chi connectivity index (χ2n) is 4.11. The van der Waals surface area contributed by atoms with Crippen molar-refractivity contribution in [3.63, 3.8) is 0 Å². The number of hydrogen-bond acceptors (Lipinski definition) is 6. The van der Waals surface area contributed by atoms with Crippen molar-refractivity contribution in [1.29, 1.82) is 0 Å². The Kier molecular flexibility index (Phi) is 4.24. The number of thioether (sulfide) groups is 1. The highest BCUT2D eigenvalue weighted by molar-refractivity contribution is 7.99. The van der Waals surface area contributed by atoms with Gasteiger partial charge in [-0.2, -0.15) is 4.37 Å². The third kappa shape index (κ3) is 3.25. The molecule has 1 aromatic heterocycles. The van der Waals surface area contributed by atoms with Gasteiger partial charge in [-0.1, -0.05) is 13.8 Å². The summed E-state index contributed by atoms with van der Waals surface area (Å²) in [6.45, 7) is 4.87. The molecule has 0 aliphatic carbocycles. The average molecular weight is 247 g/mol. The van der Waals surface area contributed by atoms with Crippen LogP contribution in [0.3, 0.4) is 0 Å². The zero-order chi connectivity index (χ0) is 11.5. The first kappa shape index (κ1) is 12.6. The molecule has 0 saturated heterocycles. The van der Waals surface area contributed by atoms with Crippen LogP contribution in [0.1, 0.15) is 13.8 Å². The van der Waals surface area contributed by atoms with E-state index in [-0.39, 0.29) is 12.0 Å². The number of aromatic nitrogens is 1. The normalized spacial score (nSPS) is 11.7. The van der Waals surface area contributed by atoms with Gasteiger partial charge in [-0.25, -0.2) is 0 Å². The van der Waals surface area contributed by atoms with Crippen LogP contribution in [0.25, 0.3) is 0 Å². The summed E-state index contributed by atoms with van der Waals surface area (Å²) in [5, 5.41) is 13.4. The molecule has 15 heavy (non-hydrogen) atoms. The van der Waals surface area contributed by atoms with Gasteiger partial charge in [0.15, 0.2) is 5.82 Å². The van der Waals surface area contributed by atoms with Crippen LogP contribution in [-0.4, -0.2) is 28.9 Å². The summed E-state index contributed by atoms with van der Waals surface area (Å²) in [4.78, 5) is 0.994. The molecule has 0 aliphatic heterocycles. The average Bonchev–Trinajstić information content (AvgIpc) is 2.56. The third-order valence-electron chi connectivity index (χ3n) is 2.03. The SMILES string of the molecule is CSc1c(N)nsc1NCC(C)(C)CO. The smallest absolute Gasteiger partial charge is 0.153 e. The van der Waals surface area contributed by atoms with Crippen molar-refractivity contribution < 1.29 is 5.11 Å². The van der Waals surface area contributed by atoms with Gasteiger partial charge < -0.3 is 16.2 Å². The predicted octanol–water partition coefficient (Wildman–Crippen LogP) is 1.88. The number of nitrogens with one attached hydrogen (secondary N) is 1. The third-order valence-corrected chi connectivity index (χ3v) is 3.80. The molecule has 0 bridgehead atoms. The molecule has 0 fully saturated rings. The number of aliphatic hydroxyl groups is 1. The minimum Gasteiger partial charge on any atom is -0.396 e. The second-order valence-corrected chi connectivity index (χ2v) is 5.70. The molecule has 1 rings (SSSR count). The fourth-order valence-corrected chi connectivity index (χ4v) is 2.52. The molecular weight excluding hydrogens is 230 g/mol. The maximum Gasteiger partial charge on any atom is 0.153 e. The highest BCUT2D eigenvalue weighted by atomic mass is 32.2. The lowest BCUT2D eigenvalue weighted by molar-refractivity contribution is 0.171. The number of anilines is 2. The molecule has 1 aromatic rings. The highest BCUT2D eigenvalue weighted by Gasteiger charge is 2.18. The zero-order valence-electron chi connectivity index (χ0n) is 9.20. The second kappa shape index (κ2) is 5.05. The lowest BCUT2D eigenvalue weighted by atomic mass is 9.95. The number of nitrogens with zero attached hydrogens (tertiary/aromatic N) is 1. The minimum atomic E-state index is -0.131. The van der Waals surface area contributed by atoms with Crippen LogP contribution in [0.4, 0.5) is 10.8 Å². The number of nitrogens with two attached hydrogens (primary N) is 1. The summed E-state index contributed by atoms with van der Waals surface area (Å²) in [6.07, 6.45) is 1.97. The summed E-state index contributed by atoms with van der Waals surface area (Å²) in [7, 11) is 0. The summed E-state index contributed by atoms with van der Waals surface area (Å²) in [5.74, 6) is 0.580. The lowest BCUT2D eigenvalue weighted by Crippen LogP contribution is -2.26. The van der Waals surface area contributed by atoms with E-state index in [1.165, 1.54) is 11.5 Å². The molecule has 0 aliphatic rings. The molecule has 86 valence electrons. The molecule has 4 N–H and O–H groups in total. The Hall–Kier alpha value is -0.460. The van der Waals surface area contributed by atoms with Crippen LogP contribution in [0.15, 0.2) is 4.90 Å². The lowest BCUT2D eigenvalue weighted by Gasteiger charge is -2.22. The molecule has 0 atom stereocenters. The largest absolute Gasteiger partial charge is 0.396 e. The maximum absolute atomic E-state index is 9.12. The quantitative estimate of drug-likeness (QED) is 0.693. The van der Waals surface area contributed by atoms with Gasteiger partial charge in [0.2, 0.25) is 0 Å². The van der Waals surface area contributed by atoms with E-state index < -0.39 is 0 Å². The van der Waals surface area contributed by atoms with Crippen molar-refractivity contribution in [2.75, 3.05) is 30.5 Å². The molecule has 0 aromatic carbocycles. The van der Waals surface area contributed by atoms with E-state index >= 15 is 0 Å². The van der Waals surface area contributed by atoms with Gasteiger partial charge in [0.05, 0.1) is 4.90 Å². The Balaban J connectivity index is 2.65. The Bertz CT molecular complexity index is 325. The Labute approximate surface area is 98.4 Å². The maximum atomic E-state index is 9.12. The van der Waals surface area contributed by atoms with Gasteiger partial charge in [-0.05, 0) is 17.8 Å². The van der Waals surface area contributed by atoms with Crippen molar-refractivity contribution in [2.24, 2.45) is 5.41 Å². The van der Waals surface area contributed by atoms with Crippen molar-refractivity contribution >= 4 is 34.1 Å². The van der Waals surface area contributed by atoms with Crippen LogP contribution in [0, 0.1) is 5.41 Å². The van der Waals surface area contributed by atoms with Gasteiger partial charge >= 0.3 is 0 Å². The molecule has 0 saturated carbocycles. The van der Waals surface area contributed by atoms with Gasteiger partial charge in [0.25, 0.3) is 0 Å². The van der Waals surface area contributed by atoms with Gasteiger partial charge in [0.1, 0.15) is 5.00 Å². The fourth-order valence-electron chi connectivity index (χ4n) is 0.979. The summed E-state index contributed by atoms with van der Waals surface area (Å²) < 4.78 is 4.09. The Morgan fingerprint density at radius 1 is 1.60 bits per heavy atom. The van der Waals surface area contributed by atoms with E-state index in [1.807, 2.05) is 20.1 Å². The number of nitrogen functional groups attached to an aromatic ring is 1. The Morgan fingerprint density at radius 2 is 2.27 bits per heavy atom. The van der Waals surface area contributed by atoms with Gasteiger partial charge in [-0.15, -0.1) is 11.8 Å². The van der Waals surface area contributed by atoms with E-state index in [9.17, 15) is 0 Å². The molecule has 0 amide bonds. The number of aliphatic hydroxyl groups excluding tert-OH is 1. The standard InChI is InChI=1S/C9H17N3OS2/c1-9(2,5-13)4-11-8-6(14-3)7(10)12-15-8/h11,13H,4-5H2,1-3H3,(H2,10,12). The van der Waals surface area contributed by atoms with Crippen molar-refractivity contribution in [2.45, 2.75) is 18.7 Å². The highest BCUT2D eigenvalue weighted by Crippen LogP contribution is 2.35. The van der Waals surface area contributed by atoms with E-state index in [2.05, 4.69) is 9.69 Å².